The standard InChI is InChI=1S/C18H17N7/c19-14-15-4-1-5-16(21-15)23-10-12-24(13-11-23)17-6-2-7-18(22-17)25-9-3-8-20-25/h1-9H,10-13H2. The van der Waals surface area contributed by atoms with Crippen LogP contribution >= 0.6 is 0 Å². The van der Waals surface area contributed by atoms with Gasteiger partial charge in [-0.1, -0.05) is 12.1 Å². The van der Waals surface area contributed by atoms with Gasteiger partial charge in [0.2, 0.25) is 0 Å². The molecule has 0 N–H and O–H groups in total. The molecule has 0 atom stereocenters. The number of hydrogen-bond acceptors (Lipinski definition) is 6. The van der Waals surface area contributed by atoms with Crippen LogP contribution in [0.15, 0.2) is 54.9 Å². The van der Waals surface area contributed by atoms with Gasteiger partial charge in [0.25, 0.3) is 0 Å². The number of nitrogens with zero attached hydrogens (tertiary/aromatic N) is 7. The summed E-state index contributed by atoms with van der Waals surface area (Å²) >= 11 is 0. The van der Waals surface area contributed by atoms with Gasteiger partial charge in [-0.25, -0.2) is 14.6 Å². The van der Waals surface area contributed by atoms with Crippen molar-refractivity contribution in [1.82, 2.24) is 19.7 Å². The molecule has 0 radical (unpaired) electrons. The highest BCUT2D eigenvalue weighted by atomic mass is 15.3. The van der Waals surface area contributed by atoms with Gasteiger partial charge in [-0.2, -0.15) is 10.4 Å². The average molecular weight is 331 g/mol. The molecule has 7 heteroatoms. The molecule has 0 amide bonds. The summed E-state index contributed by atoms with van der Waals surface area (Å²) in [6.45, 7) is 3.40. The Labute approximate surface area is 145 Å². The third-order valence-corrected chi connectivity index (χ3v) is 4.24. The molecular weight excluding hydrogens is 314 g/mol. The molecule has 1 aliphatic rings. The number of aromatic nitrogens is 4. The highest BCUT2D eigenvalue weighted by Crippen LogP contribution is 2.19. The predicted molar refractivity (Wildman–Crippen MR) is 94.7 cm³/mol. The molecule has 1 fully saturated rings. The van der Waals surface area contributed by atoms with E-state index in [0.29, 0.717) is 5.69 Å². The summed E-state index contributed by atoms with van der Waals surface area (Å²) in [5.41, 5.74) is 0.452. The summed E-state index contributed by atoms with van der Waals surface area (Å²) in [6, 6.07) is 15.5. The fraction of sp³-hybridized carbons (Fsp3) is 0.222. The molecule has 3 aromatic heterocycles. The van der Waals surface area contributed by atoms with E-state index in [1.807, 2.05) is 42.6 Å². The molecule has 3 aromatic rings. The van der Waals surface area contributed by atoms with Crippen molar-refractivity contribution in [3.63, 3.8) is 0 Å². The molecule has 0 aliphatic carbocycles. The van der Waals surface area contributed by atoms with Crippen molar-refractivity contribution in [2.45, 2.75) is 0 Å². The lowest BCUT2D eigenvalue weighted by molar-refractivity contribution is 0.640. The minimum absolute atomic E-state index is 0.452. The first kappa shape index (κ1) is 15.1. The minimum Gasteiger partial charge on any atom is -0.353 e. The van der Waals surface area contributed by atoms with E-state index < -0.39 is 0 Å². The number of nitriles is 1. The molecule has 124 valence electrons. The van der Waals surface area contributed by atoms with Crippen LogP contribution in [0.25, 0.3) is 5.82 Å². The fourth-order valence-electron chi connectivity index (χ4n) is 2.95. The Hall–Kier alpha value is -3.40. The summed E-state index contributed by atoms with van der Waals surface area (Å²) in [5, 5.41) is 13.2. The highest BCUT2D eigenvalue weighted by Gasteiger charge is 2.19. The Bertz CT molecular complexity index is 890. The van der Waals surface area contributed by atoms with Crippen LogP contribution in [-0.2, 0) is 0 Å². The van der Waals surface area contributed by atoms with E-state index in [1.54, 1.807) is 16.9 Å². The summed E-state index contributed by atoms with van der Waals surface area (Å²) in [7, 11) is 0. The largest absolute Gasteiger partial charge is 0.353 e. The Balaban J connectivity index is 1.47. The molecule has 4 rings (SSSR count). The average Bonchev–Trinajstić information content (AvgIpc) is 3.23. The fourth-order valence-corrected chi connectivity index (χ4v) is 2.95. The van der Waals surface area contributed by atoms with Crippen molar-refractivity contribution in [1.29, 1.82) is 5.26 Å². The van der Waals surface area contributed by atoms with Gasteiger partial charge < -0.3 is 9.80 Å². The van der Waals surface area contributed by atoms with Crippen LogP contribution in [0, 0.1) is 11.3 Å². The van der Waals surface area contributed by atoms with Gasteiger partial charge in [-0.05, 0) is 30.3 Å². The molecule has 0 spiro atoms. The Kier molecular flexibility index (Phi) is 4.01. The summed E-state index contributed by atoms with van der Waals surface area (Å²) in [4.78, 5) is 13.6. The first-order valence-electron chi connectivity index (χ1n) is 8.17. The second kappa shape index (κ2) is 6.61. The topological polar surface area (TPSA) is 73.9 Å². The van der Waals surface area contributed by atoms with Crippen molar-refractivity contribution in [3.05, 3.63) is 60.6 Å². The van der Waals surface area contributed by atoms with Crippen LogP contribution in [0.5, 0.6) is 0 Å². The van der Waals surface area contributed by atoms with Gasteiger partial charge >= 0.3 is 0 Å². The minimum atomic E-state index is 0.452. The van der Waals surface area contributed by atoms with Gasteiger partial charge in [0.15, 0.2) is 5.82 Å². The van der Waals surface area contributed by atoms with Gasteiger partial charge in [0, 0.05) is 38.6 Å². The van der Waals surface area contributed by atoms with Crippen LogP contribution in [0.3, 0.4) is 0 Å². The van der Waals surface area contributed by atoms with Crippen molar-refractivity contribution >= 4 is 11.6 Å². The molecule has 0 saturated carbocycles. The van der Waals surface area contributed by atoms with E-state index in [-0.39, 0.29) is 0 Å². The number of pyridine rings is 2. The van der Waals surface area contributed by atoms with E-state index in [2.05, 4.69) is 26.0 Å². The lowest BCUT2D eigenvalue weighted by Crippen LogP contribution is -2.47. The summed E-state index contributed by atoms with van der Waals surface area (Å²) in [6.07, 6.45) is 3.63. The SMILES string of the molecule is N#Cc1cccc(N2CCN(c3cccc(-n4cccn4)n3)CC2)n1. The number of anilines is 2. The van der Waals surface area contributed by atoms with Gasteiger partial charge in [-0.15, -0.1) is 0 Å². The molecule has 1 aliphatic heterocycles. The van der Waals surface area contributed by atoms with Gasteiger partial charge in [0.1, 0.15) is 23.4 Å². The van der Waals surface area contributed by atoms with Crippen molar-refractivity contribution in [2.24, 2.45) is 0 Å². The van der Waals surface area contributed by atoms with Crippen LogP contribution in [0.2, 0.25) is 0 Å². The van der Waals surface area contributed by atoms with E-state index in [4.69, 9.17) is 10.2 Å². The maximum Gasteiger partial charge on any atom is 0.155 e. The Morgan fingerprint density at radius 1 is 0.800 bits per heavy atom. The van der Waals surface area contributed by atoms with Crippen LogP contribution in [0.4, 0.5) is 11.6 Å². The molecule has 0 aromatic carbocycles. The highest BCUT2D eigenvalue weighted by molar-refractivity contribution is 5.47. The molecule has 1 saturated heterocycles. The van der Waals surface area contributed by atoms with Crippen molar-refractivity contribution in [3.8, 4) is 11.9 Å². The van der Waals surface area contributed by atoms with Gasteiger partial charge in [0.05, 0.1) is 0 Å². The number of rotatable bonds is 3. The molecule has 4 heterocycles. The smallest absolute Gasteiger partial charge is 0.155 e. The predicted octanol–water partition coefficient (Wildman–Crippen LogP) is 1.86. The molecule has 0 bridgehead atoms. The monoisotopic (exact) mass is 331 g/mol. The van der Waals surface area contributed by atoms with Crippen LogP contribution in [0.1, 0.15) is 5.69 Å². The van der Waals surface area contributed by atoms with Crippen molar-refractivity contribution in [2.75, 3.05) is 36.0 Å². The maximum absolute atomic E-state index is 9.00. The molecule has 0 unspecified atom stereocenters. The summed E-state index contributed by atoms with van der Waals surface area (Å²) < 4.78 is 1.76. The quantitative estimate of drug-likeness (QED) is 0.729. The zero-order valence-corrected chi connectivity index (χ0v) is 13.7. The van der Waals surface area contributed by atoms with E-state index >= 15 is 0 Å². The van der Waals surface area contributed by atoms with Gasteiger partial charge in [-0.3, -0.25) is 0 Å². The van der Waals surface area contributed by atoms with E-state index in [0.717, 1.165) is 43.6 Å². The van der Waals surface area contributed by atoms with E-state index in [1.165, 1.54) is 0 Å². The van der Waals surface area contributed by atoms with E-state index in [9.17, 15) is 0 Å². The second-order valence-electron chi connectivity index (χ2n) is 5.77. The number of hydrogen-bond donors (Lipinski definition) is 0. The maximum atomic E-state index is 9.00. The third kappa shape index (κ3) is 3.15. The molecule has 25 heavy (non-hydrogen) atoms. The Morgan fingerprint density at radius 2 is 1.44 bits per heavy atom. The third-order valence-electron chi connectivity index (χ3n) is 4.24. The normalized spacial score (nSPS) is 14.4. The second-order valence-corrected chi connectivity index (χ2v) is 5.77. The van der Waals surface area contributed by atoms with Crippen LogP contribution < -0.4 is 9.80 Å². The first-order valence-corrected chi connectivity index (χ1v) is 8.17. The molecular formula is C18H17N7. The Morgan fingerprint density at radius 3 is 2.08 bits per heavy atom. The lowest BCUT2D eigenvalue weighted by atomic mass is 10.3. The zero-order chi connectivity index (χ0) is 17.1. The molecule has 7 nitrogen and oxygen atoms in total. The number of piperazine rings is 1. The summed E-state index contributed by atoms with van der Waals surface area (Å²) in [5.74, 6) is 2.62. The first-order chi connectivity index (χ1) is 12.3. The zero-order valence-electron chi connectivity index (χ0n) is 13.7. The van der Waals surface area contributed by atoms with Crippen molar-refractivity contribution < 1.29 is 0 Å². The lowest BCUT2D eigenvalue weighted by Gasteiger charge is -2.36. The van der Waals surface area contributed by atoms with Crippen LogP contribution in [-0.4, -0.2) is 45.9 Å².